The zero-order valence-corrected chi connectivity index (χ0v) is 42.0. The van der Waals surface area contributed by atoms with E-state index in [0.717, 1.165) is 93.1 Å². The molecule has 19 heteroatoms. The van der Waals surface area contributed by atoms with E-state index in [2.05, 4.69) is 54.7 Å². The lowest BCUT2D eigenvalue weighted by Crippen LogP contribution is -2.49. The highest BCUT2D eigenvalue weighted by Crippen LogP contribution is 2.45. The van der Waals surface area contributed by atoms with Crippen molar-refractivity contribution in [2.45, 2.75) is 71.3 Å². The van der Waals surface area contributed by atoms with Crippen LogP contribution in [0, 0.1) is 11.3 Å². The quantitative estimate of drug-likeness (QED) is 0.0335. The number of cyclic esters (lactones) is 1. The lowest BCUT2D eigenvalue weighted by molar-refractivity contribution is -0.145. The topological polar surface area (TPSA) is 268 Å². The average molecular weight is 975 g/mol. The van der Waals surface area contributed by atoms with E-state index >= 15 is 0 Å². The molecular formula is C52H74N14O5. The minimum absolute atomic E-state index is 0.0872. The Balaban J connectivity index is 0.000000248. The Morgan fingerprint density at radius 3 is 2.10 bits per heavy atom. The van der Waals surface area contributed by atoms with Gasteiger partial charge in [-0.3, -0.25) is 35.9 Å². The van der Waals surface area contributed by atoms with Crippen LogP contribution in [0.15, 0.2) is 78.0 Å². The summed E-state index contributed by atoms with van der Waals surface area (Å²) in [5.74, 6) is 26.5. The summed E-state index contributed by atoms with van der Waals surface area (Å²) in [5.41, 5.74) is 9.78. The van der Waals surface area contributed by atoms with E-state index in [0.29, 0.717) is 68.6 Å². The predicted molar refractivity (Wildman–Crippen MR) is 278 cm³/mol. The highest BCUT2D eigenvalue weighted by Gasteiger charge is 2.32. The van der Waals surface area contributed by atoms with Gasteiger partial charge in [0.15, 0.2) is 5.78 Å². The molecule has 1 aliphatic carbocycles. The first-order valence-electron chi connectivity index (χ1n) is 24.5. The molecular weight excluding hydrogens is 901 g/mol. The van der Waals surface area contributed by atoms with Gasteiger partial charge in [-0.1, -0.05) is 50.2 Å². The predicted octanol–water partition coefficient (Wildman–Crippen LogP) is 2.76. The van der Waals surface area contributed by atoms with Crippen molar-refractivity contribution in [2.75, 3.05) is 96.2 Å². The molecule has 4 heterocycles. The van der Waals surface area contributed by atoms with E-state index in [-0.39, 0.29) is 17.7 Å². The minimum atomic E-state index is -0.110. The second-order valence-corrected chi connectivity index (χ2v) is 17.7. The summed E-state index contributed by atoms with van der Waals surface area (Å²) in [6.45, 7) is 13.8. The first-order chi connectivity index (χ1) is 34.5. The Morgan fingerprint density at radius 1 is 0.859 bits per heavy atom. The number of rotatable bonds is 17. The normalized spacial score (nSPS) is 15.9. The number of methoxy groups -OCH3 is 1. The van der Waals surface area contributed by atoms with Crippen molar-refractivity contribution in [2.24, 2.45) is 34.3 Å². The van der Waals surface area contributed by atoms with Crippen LogP contribution in [0.1, 0.15) is 77.1 Å². The van der Waals surface area contributed by atoms with Gasteiger partial charge in [0.05, 0.1) is 37.7 Å². The number of piperazine rings is 2. The van der Waals surface area contributed by atoms with Crippen LogP contribution in [0.4, 0.5) is 11.5 Å². The highest BCUT2D eigenvalue weighted by atomic mass is 16.5. The number of carbonyl (C=O) groups excluding carboxylic acids is 3. The molecule has 0 spiro atoms. The molecule has 19 nitrogen and oxygen atoms in total. The number of fused-ring (bicyclic) bond motifs is 1. The van der Waals surface area contributed by atoms with E-state index in [1.807, 2.05) is 61.2 Å². The summed E-state index contributed by atoms with van der Waals surface area (Å²) in [7, 11) is 3.38. The number of amides is 1. The SMILES string of the molecule is CC.CN(N)c1ccc(CC(=O)CN2CCN(CCc3ccc4c(c3C3CC3)COC(=O)C4)CC2)cc1.COc1cc(CCN2CCN(C(=O)Cc3ccc(N(N)/C=N\N)nc3)CC2)ccc1C#N.NN. The van der Waals surface area contributed by atoms with Crippen molar-refractivity contribution in [3.05, 3.63) is 117 Å². The van der Waals surface area contributed by atoms with Gasteiger partial charge in [-0.2, -0.15) is 10.4 Å². The fourth-order valence-corrected chi connectivity index (χ4v) is 8.97. The average Bonchev–Trinajstić information content (AvgIpc) is 4.25. The number of ketones is 1. The summed E-state index contributed by atoms with van der Waals surface area (Å²) in [6.07, 6.45) is 8.45. The molecule has 0 bridgehead atoms. The maximum atomic E-state index is 12.7. The Bertz CT molecular complexity index is 2390. The van der Waals surface area contributed by atoms with Gasteiger partial charge >= 0.3 is 5.97 Å². The van der Waals surface area contributed by atoms with Crippen molar-refractivity contribution in [1.29, 1.82) is 5.26 Å². The monoisotopic (exact) mass is 975 g/mol. The maximum absolute atomic E-state index is 12.7. The van der Waals surface area contributed by atoms with Gasteiger partial charge in [-0.15, -0.1) is 0 Å². The number of ether oxygens (including phenoxy) is 2. The Kier molecular flexibility index (Phi) is 22.2. The lowest BCUT2D eigenvalue weighted by Gasteiger charge is -2.34. The van der Waals surface area contributed by atoms with Gasteiger partial charge < -0.3 is 30.1 Å². The molecule has 0 atom stereocenters. The molecule has 4 aromatic rings. The lowest BCUT2D eigenvalue weighted by atomic mass is 9.89. The first kappa shape index (κ1) is 55.4. The van der Waals surface area contributed by atoms with Crippen molar-refractivity contribution in [3.8, 4) is 11.8 Å². The number of pyridine rings is 1. The van der Waals surface area contributed by atoms with Crippen molar-refractivity contribution in [1.82, 2.24) is 24.6 Å². The summed E-state index contributed by atoms with van der Waals surface area (Å²) in [5, 5.41) is 15.2. The number of nitrogens with two attached hydrogens (primary N) is 5. The molecule has 382 valence electrons. The number of anilines is 2. The molecule has 1 saturated carbocycles. The molecule has 4 aliphatic rings. The maximum Gasteiger partial charge on any atom is 0.310 e. The fourth-order valence-electron chi connectivity index (χ4n) is 8.97. The second kappa shape index (κ2) is 28.4. The van der Waals surface area contributed by atoms with Gasteiger partial charge in [0.2, 0.25) is 5.91 Å². The highest BCUT2D eigenvalue weighted by molar-refractivity contribution is 5.83. The summed E-state index contributed by atoms with van der Waals surface area (Å²) >= 11 is 0. The van der Waals surface area contributed by atoms with E-state index in [9.17, 15) is 14.4 Å². The summed E-state index contributed by atoms with van der Waals surface area (Å²) in [4.78, 5) is 50.3. The molecule has 71 heavy (non-hydrogen) atoms. The number of aromatic nitrogens is 1. The smallest absolute Gasteiger partial charge is 0.310 e. The summed E-state index contributed by atoms with van der Waals surface area (Å²) in [6, 6.07) is 23.6. The molecule has 2 saturated heterocycles. The molecule has 3 aliphatic heterocycles. The Hall–Kier alpha value is -6.50. The van der Waals surface area contributed by atoms with Crippen molar-refractivity contribution in [3.63, 3.8) is 0 Å². The summed E-state index contributed by atoms with van der Waals surface area (Å²) < 4.78 is 10.7. The number of hydrazone groups is 1. The van der Waals surface area contributed by atoms with Crippen LogP contribution in [0.5, 0.6) is 5.75 Å². The van der Waals surface area contributed by atoms with Crippen molar-refractivity contribution < 1.29 is 23.9 Å². The Morgan fingerprint density at radius 2 is 1.49 bits per heavy atom. The second-order valence-electron chi connectivity index (χ2n) is 17.7. The van der Waals surface area contributed by atoms with Gasteiger partial charge in [0, 0.05) is 85.1 Å². The van der Waals surface area contributed by atoms with E-state index < -0.39 is 0 Å². The third kappa shape index (κ3) is 16.5. The Labute approximate surface area is 419 Å². The van der Waals surface area contributed by atoms with Gasteiger partial charge in [0.25, 0.3) is 0 Å². The third-order valence-electron chi connectivity index (χ3n) is 13.0. The van der Waals surface area contributed by atoms with Crippen LogP contribution in [-0.2, 0) is 57.8 Å². The molecule has 3 fully saturated rings. The molecule has 0 radical (unpaired) electrons. The molecule has 8 rings (SSSR count). The van der Waals surface area contributed by atoms with Gasteiger partial charge in [0.1, 0.15) is 30.6 Å². The van der Waals surface area contributed by atoms with Crippen LogP contribution in [0.25, 0.3) is 0 Å². The van der Waals surface area contributed by atoms with Crippen LogP contribution < -0.4 is 44.0 Å². The van der Waals surface area contributed by atoms with E-state index in [1.54, 1.807) is 37.5 Å². The number of nitriles is 1. The fraction of sp³-hybridized carbons (Fsp3) is 0.462. The molecule has 1 amide bonds. The number of hydrazine groups is 3. The van der Waals surface area contributed by atoms with Crippen molar-refractivity contribution >= 4 is 35.5 Å². The number of carbonyl (C=O) groups is 3. The largest absolute Gasteiger partial charge is 0.495 e. The van der Waals surface area contributed by atoms with Gasteiger partial charge in [-0.05, 0) is 101 Å². The van der Waals surface area contributed by atoms with E-state index in [4.69, 9.17) is 32.3 Å². The molecule has 10 N–H and O–H groups in total. The van der Waals surface area contributed by atoms with Gasteiger partial charge in [-0.25, -0.2) is 21.7 Å². The molecule has 3 aromatic carbocycles. The molecule has 1 aromatic heterocycles. The first-order valence-corrected chi connectivity index (χ1v) is 24.5. The van der Waals surface area contributed by atoms with Crippen LogP contribution >= 0.6 is 0 Å². The minimum Gasteiger partial charge on any atom is -0.495 e. The molecule has 0 unspecified atom stereocenters. The number of benzene rings is 3. The number of esters is 1. The van der Waals surface area contributed by atoms with Crippen LogP contribution in [-0.4, -0.2) is 135 Å². The number of Topliss-reactive ketones (excluding diaryl/α,β-unsaturated/α-hetero) is 1. The third-order valence-corrected chi connectivity index (χ3v) is 13.0. The van der Waals surface area contributed by atoms with Crippen LogP contribution in [0.3, 0.4) is 0 Å². The number of nitrogens with zero attached hydrogens (tertiary/aromatic N) is 9. The van der Waals surface area contributed by atoms with Crippen LogP contribution in [0.2, 0.25) is 0 Å². The standard InChI is InChI=1S/C28H36N4O3.C22H28N8O2.C2H6.H4N2/c1-30(29)24-8-2-20(3-9-24)16-25(33)18-32-14-12-31(13-15-32)11-10-22-6-7-23-17-27(34)35-19-26(23)28(22)21-4-5-21;1-32-20-12-17(2-4-19(20)14-23)6-7-28-8-10-29(11-9-28)22(31)13-18-3-5-21(26-15-18)30(25)16-27-24;2*1-2/h2-3,6-9,21H,4-5,10-19,29H2,1H3;2-5,12,15-16H,6-11,13,24-25H2,1H3;1-2H3;1-2H2/b;27-16-;;. The van der Waals surface area contributed by atoms with E-state index in [1.165, 1.54) is 40.9 Å². The zero-order valence-electron chi connectivity index (χ0n) is 42.0. The number of hydrogen-bond donors (Lipinski definition) is 5. The zero-order chi connectivity index (χ0) is 51.3. The number of hydrogen-bond acceptors (Lipinski definition) is 17.